The zero-order valence-electron chi connectivity index (χ0n) is 12.8. The van der Waals surface area contributed by atoms with Crippen molar-refractivity contribution in [2.24, 2.45) is 11.5 Å². The molecule has 1 aromatic heterocycles. The van der Waals surface area contributed by atoms with Crippen molar-refractivity contribution in [3.63, 3.8) is 0 Å². The van der Waals surface area contributed by atoms with E-state index in [0.717, 1.165) is 16.8 Å². The molecule has 0 saturated carbocycles. The smallest absolute Gasteiger partial charge is 0.159 e. The quantitative estimate of drug-likeness (QED) is 0.435. The van der Waals surface area contributed by atoms with E-state index in [0.29, 0.717) is 17.0 Å². The van der Waals surface area contributed by atoms with Gasteiger partial charge in [-0.3, -0.25) is 10.8 Å². The number of nitrogen functional groups attached to an aromatic ring is 2. The lowest BCUT2D eigenvalue weighted by Crippen LogP contribution is -2.10. The fraction of sp³-hybridized carbons (Fsp3) is 0. The second-order valence-electron chi connectivity index (χ2n) is 5.25. The molecule has 0 aliphatic carbocycles. The Morgan fingerprint density at radius 1 is 0.708 bits per heavy atom. The normalized spacial score (nSPS) is 10.3. The van der Waals surface area contributed by atoms with Gasteiger partial charge in [0.2, 0.25) is 0 Å². The molecule has 0 amide bonds. The van der Waals surface area contributed by atoms with E-state index in [-0.39, 0.29) is 11.7 Å². The molecule has 0 unspecified atom stereocenters. The number of hydrogen-bond donors (Lipinski definition) is 4. The van der Waals surface area contributed by atoms with Crippen molar-refractivity contribution >= 4 is 11.7 Å². The van der Waals surface area contributed by atoms with Gasteiger partial charge in [-0.05, 0) is 6.07 Å². The van der Waals surface area contributed by atoms with Crippen LogP contribution in [0, 0.1) is 10.8 Å². The Hall–Kier alpha value is -3.54. The van der Waals surface area contributed by atoms with Gasteiger partial charge in [0.05, 0.1) is 5.69 Å². The van der Waals surface area contributed by atoms with Crippen LogP contribution in [0.5, 0.6) is 0 Å². The minimum absolute atomic E-state index is 0.0294. The number of rotatable bonds is 4. The number of benzene rings is 2. The number of aromatic nitrogens is 2. The summed E-state index contributed by atoms with van der Waals surface area (Å²) in [6, 6.07) is 16.4. The molecule has 0 saturated heterocycles. The monoisotopic (exact) mass is 316 g/mol. The molecule has 2 aromatic carbocycles. The molecule has 0 aliphatic rings. The predicted molar refractivity (Wildman–Crippen MR) is 94.9 cm³/mol. The van der Waals surface area contributed by atoms with Crippen molar-refractivity contribution in [1.82, 2.24) is 9.97 Å². The standard InChI is InChI=1S/C18H16N6/c19-16(20)12-3-1-11(2-4-12)15-9-10-23-18(24-15)14-7-5-13(6-8-14)17(21)22/h1-10H,(H3,19,20)(H3,21,22). The Labute approximate surface area is 139 Å². The molecule has 0 bridgehead atoms. The molecule has 3 aromatic rings. The maximum Gasteiger partial charge on any atom is 0.159 e. The second kappa shape index (κ2) is 6.29. The molecule has 0 atom stereocenters. The van der Waals surface area contributed by atoms with Gasteiger partial charge in [0.15, 0.2) is 5.82 Å². The van der Waals surface area contributed by atoms with Crippen molar-refractivity contribution in [3.05, 3.63) is 71.9 Å². The van der Waals surface area contributed by atoms with Crippen LogP contribution in [0.1, 0.15) is 11.1 Å². The summed E-state index contributed by atoms with van der Waals surface area (Å²) in [4.78, 5) is 8.89. The molecular weight excluding hydrogens is 300 g/mol. The Kier molecular flexibility index (Phi) is 4.03. The third-order valence-electron chi connectivity index (χ3n) is 3.60. The topological polar surface area (TPSA) is 126 Å². The molecule has 0 aliphatic heterocycles. The summed E-state index contributed by atoms with van der Waals surface area (Å²) in [6.45, 7) is 0. The Morgan fingerprint density at radius 3 is 1.71 bits per heavy atom. The molecular formula is C18H16N6. The van der Waals surface area contributed by atoms with Crippen molar-refractivity contribution < 1.29 is 0 Å². The first-order chi connectivity index (χ1) is 11.5. The van der Waals surface area contributed by atoms with Crippen molar-refractivity contribution in [1.29, 1.82) is 10.8 Å². The van der Waals surface area contributed by atoms with Crippen molar-refractivity contribution in [2.45, 2.75) is 0 Å². The molecule has 3 rings (SSSR count). The third-order valence-corrected chi connectivity index (χ3v) is 3.60. The highest BCUT2D eigenvalue weighted by molar-refractivity contribution is 5.95. The molecule has 24 heavy (non-hydrogen) atoms. The van der Waals surface area contributed by atoms with Crippen molar-refractivity contribution in [2.75, 3.05) is 0 Å². The van der Waals surface area contributed by atoms with E-state index in [1.807, 2.05) is 30.3 Å². The minimum atomic E-state index is 0.0294. The van der Waals surface area contributed by atoms with Gasteiger partial charge in [0.25, 0.3) is 0 Å². The fourth-order valence-electron chi connectivity index (χ4n) is 2.28. The van der Waals surface area contributed by atoms with Crippen LogP contribution in [0.25, 0.3) is 22.6 Å². The molecule has 0 fully saturated rings. The van der Waals surface area contributed by atoms with Gasteiger partial charge in [-0.25, -0.2) is 9.97 Å². The summed E-state index contributed by atoms with van der Waals surface area (Å²) in [6.07, 6.45) is 1.70. The largest absolute Gasteiger partial charge is 0.384 e. The van der Waals surface area contributed by atoms with E-state index in [9.17, 15) is 0 Å². The Morgan fingerprint density at radius 2 is 1.21 bits per heavy atom. The second-order valence-corrected chi connectivity index (χ2v) is 5.25. The molecule has 1 heterocycles. The zero-order valence-corrected chi connectivity index (χ0v) is 12.8. The Bertz CT molecular complexity index is 825. The Balaban J connectivity index is 1.94. The fourth-order valence-corrected chi connectivity index (χ4v) is 2.28. The van der Waals surface area contributed by atoms with Crippen LogP contribution in [0.3, 0.4) is 0 Å². The number of nitrogens with two attached hydrogens (primary N) is 2. The lowest BCUT2D eigenvalue weighted by molar-refractivity contribution is 1.18. The van der Waals surface area contributed by atoms with Gasteiger partial charge in [-0.1, -0.05) is 48.5 Å². The predicted octanol–water partition coefficient (Wildman–Crippen LogP) is 2.38. The van der Waals surface area contributed by atoms with Crippen LogP contribution in [0.2, 0.25) is 0 Å². The van der Waals surface area contributed by atoms with Crippen LogP contribution >= 0.6 is 0 Å². The molecule has 118 valence electrons. The summed E-state index contributed by atoms with van der Waals surface area (Å²) in [5.74, 6) is 0.663. The summed E-state index contributed by atoms with van der Waals surface area (Å²) in [5, 5.41) is 14.9. The lowest BCUT2D eigenvalue weighted by Gasteiger charge is -2.06. The van der Waals surface area contributed by atoms with E-state index in [1.165, 1.54) is 0 Å². The van der Waals surface area contributed by atoms with E-state index < -0.39 is 0 Å². The van der Waals surface area contributed by atoms with Crippen LogP contribution in [0.4, 0.5) is 0 Å². The van der Waals surface area contributed by atoms with Gasteiger partial charge < -0.3 is 11.5 Å². The highest BCUT2D eigenvalue weighted by atomic mass is 14.9. The first-order valence-corrected chi connectivity index (χ1v) is 7.27. The lowest BCUT2D eigenvalue weighted by atomic mass is 10.1. The molecule has 6 nitrogen and oxygen atoms in total. The van der Waals surface area contributed by atoms with Crippen molar-refractivity contribution in [3.8, 4) is 22.6 Å². The minimum Gasteiger partial charge on any atom is -0.384 e. The van der Waals surface area contributed by atoms with Gasteiger partial charge in [-0.15, -0.1) is 0 Å². The average molecular weight is 316 g/mol. The van der Waals surface area contributed by atoms with Gasteiger partial charge >= 0.3 is 0 Å². The number of hydrogen-bond acceptors (Lipinski definition) is 4. The maximum absolute atomic E-state index is 7.43. The highest BCUT2D eigenvalue weighted by Crippen LogP contribution is 2.21. The van der Waals surface area contributed by atoms with Gasteiger partial charge in [0.1, 0.15) is 11.7 Å². The number of nitrogens with zero attached hydrogens (tertiary/aromatic N) is 2. The molecule has 6 heteroatoms. The number of nitrogens with one attached hydrogen (secondary N) is 2. The van der Waals surface area contributed by atoms with E-state index in [2.05, 4.69) is 9.97 Å². The van der Waals surface area contributed by atoms with Crippen LogP contribution in [0.15, 0.2) is 60.8 Å². The first kappa shape index (κ1) is 15.4. The summed E-state index contributed by atoms with van der Waals surface area (Å²) in [7, 11) is 0. The van der Waals surface area contributed by atoms with Crippen LogP contribution in [-0.2, 0) is 0 Å². The average Bonchev–Trinajstić information content (AvgIpc) is 2.62. The molecule has 0 spiro atoms. The highest BCUT2D eigenvalue weighted by Gasteiger charge is 2.06. The summed E-state index contributed by atoms with van der Waals surface area (Å²) in [5.41, 5.74) is 14.8. The number of amidine groups is 2. The van der Waals surface area contributed by atoms with Gasteiger partial charge in [-0.2, -0.15) is 0 Å². The first-order valence-electron chi connectivity index (χ1n) is 7.27. The van der Waals surface area contributed by atoms with Crippen LogP contribution in [-0.4, -0.2) is 21.6 Å². The summed E-state index contributed by atoms with van der Waals surface area (Å²) >= 11 is 0. The summed E-state index contributed by atoms with van der Waals surface area (Å²) < 4.78 is 0. The third kappa shape index (κ3) is 3.12. The SMILES string of the molecule is N=C(N)c1ccc(-c2ccnc(-c3ccc(C(=N)N)cc3)n2)cc1. The zero-order chi connectivity index (χ0) is 17.1. The van der Waals surface area contributed by atoms with Crippen LogP contribution < -0.4 is 11.5 Å². The van der Waals surface area contributed by atoms with Gasteiger partial charge in [0, 0.05) is 28.5 Å². The van der Waals surface area contributed by atoms with E-state index in [1.54, 1.807) is 30.5 Å². The molecule has 6 N–H and O–H groups in total. The van der Waals surface area contributed by atoms with E-state index in [4.69, 9.17) is 22.3 Å². The van der Waals surface area contributed by atoms with E-state index >= 15 is 0 Å². The molecule has 0 radical (unpaired) electrons. The maximum atomic E-state index is 7.43.